The van der Waals surface area contributed by atoms with Crippen LogP contribution in [0.5, 0.6) is 11.5 Å². The minimum atomic E-state index is -3.43. The highest BCUT2D eigenvalue weighted by Crippen LogP contribution is 2.40. The fourth-order valence-corrected chi connectivity index (χ4v) is 3.95. The molecule has 118 valence electrons. The molecule has 0 saturated carbocycles. The summed E-state index contributed by atoms with van der Waals surface area (Å²) in [5.74, 6) is 1.34. The summed E-state index contributed by atoms with van der Waals surface area (Å²) in [6.07, 6.45) is 1.63. The molecule has 7 heteroatoms. The Labute approximate surface area is 126 Å². The van der Waals surface area contributed by atoms with Gasteiger partial charge in [-0.25, -0.2) is 0 Å². The van der Waals surface area contributed by atoms with E-state index in [4.69, 9.17) is 9.47 Å². The van der Waals surface area contributed by atoms with Crippen molar-refractivity contribution in [3.63, 3.8) is 0 Å². The summed E-state index contributed by atoms with van der Waals surface area (Å²) in [4.78, 5) is 0. The van der Waals surface area contributed by atoms with Crippen LogP contribution in [-0.4, -0.2) is 51.9 Å². The quantitative estimate of drug-likeness (QED) is 0.829. The van der Waals surface area contributed by atoms with Gasteiger partial charge in [0, 0.05) is 32.3 Å². The molecule has 0 aliphatic carbocycles. The maximum absolute atomic E-state index is 12.4. The van der Waals surface area contributed by atoms with Gasteiger partial charge in [-0.15, -0.1) is 0 Å². The SMILES string of the molecule is COc1ccc([C@@H]2CCCN2S(=O)(=O)N(C)C)c(OC)c1. The van der Waals surface area contributed by atoms with Crippen LogP contribution in [0.1, 0.15) is 24.4 Å². The molecule has 1 aliphatic rings. The van der Waals surface area contributed by atoms with Crippen molar-refractivity contribution in [1.82, 2.24) is 8.61 Å². The first kappa shape index (κ1) is 16.1. The van der Waals surface area contributed by atoms with Crippen molar-refractivity contribution in [3.05, 3.63) is 23.8 Å². The van der Waals surface area contributed by atoms with Crippen molar-refractivity contribution in [1.29, 1.82) is 0 Å². The molecule has 0 radical (unpaired) electrons. The number of ether oxygens (including phenoxy) is 2. The first-order chi connectivity index (χ1) is 9.91. The highest BCUT2D eigenvalue weighted by atomic mass is 32.2. The number of benzene rings is 1. The third kappa shape index (κ3) is 3.00. The van der Waals surface area contributed by atoms with Gasteiger partial charge in [0.1, 0.15) is 11.5 Å². The summed E-state index contributed by atoms with van der Waals surface area (Å²) in [7, 11) is 2.84. The van der Waals surface area contributed by atoms with E-state index in [1.807, 2.05) is 12.1 Å². The summed E-state index contributed by atoms with van der Waals surface area (Å²) < 4.78 is 38.2. The van der Waals surface area contributed by atoms with Crippen molar-refractivity contribution >= 4 is 10.2 Å². The van der Waals surface area contributed by atoms with Crippen LogP contribution in [0.4, 0.5) is 0 Å². The van der Waals surface area contributed by atoms with Crippen LogP contribution in [0, 0.1) is 0 Å². The third-order valence-corrected chi connectivity index (χ3v) is 5.71. The van der Waals surface area contributed by atoms with Crippen molar-refractivity contribution < 1.29 is 17.9 Å². The van der Waals surface area contributed by atoms with E-state index in [9.17, 15) is 8.42 Å². The predicted octanol–water partition coefficient (Wildman–Crippen LogP) is 1.65. The lowest BCUT2D eigenvalue weighted by molar-refractivity contribution is 0.344. The second-order valence-electron chi connectivity index (χ2n) is 5.17. The lowest BCUT2D eigenvalue weighted by Gasteiger charge is -2.28. The van der Waals surface area contributed by atoms with E-state index in [0.29, 0.717) is 18.0 Å². The highest BCUT2D eigenvalue weighted by molar-refractivity contribution is 7.86. The van der Waals surface area contributed by atoms with Crippen LogP contribution in [0.15, 0.2) is 18.2 Å². The number of hydrogen-bond acceptors (Lipinski definition) is 4. The average Bonchev–Trinajstić information content (AvgIpc) is 2.96. The number of hydrogen-bond donors (Lipinski definition) is 0. The Morgan fingerprint density at radius 3 is 2.52 bits per heavy atom. The maximum Gasteiger partial charge on any atom is 0.282 e. The van der Waals surface area contributed by atoms with E-state index >= 15 is 0 Å². The molecule has 21 heavy (non-hydrogen) atoms. The maximum atomic E-state index is 12.4. The molecule has 1 heterocycles. The Hall–Kier alpha value is -1.31. The molecule has 0 amide bonds. The number of rotatable bonds is 5. The molecule has 1 aromatic carbocycles. The Bertz CT molecular complexity index is 601. The fraction of sp³-hybridized carbons (Fsp3) is 0.571. The molecule has 0 spiro atoms. The topological polar surface area (TPSA) is 59.1 Å². The number of methoxy groups -OCH3 is 2. The van der Waals surface area contributed by atoms with Gasteiger partial charge < -0.3 is 9.47 Å². The summed E-state index contributed by atoms with van der Waals surface area (Å²) in [5.41, 5.74) is 0.876. The van der Waals surface area contributed by atoms with Gasteiger partial charge in [0.2, 0.25) is 0 Å². The van der Waals surface area contributed by atoms with Crippen molar-refractivity contribution in [2.75, 3.05) is 34.9 Å². The zero-order chi connectivity index (χ0) is 15.6. The van der Waals surface area contributed by atoms with E-state index in [-0.39, 0.29) is 6.04 Å². The predicted molar refractivity (Wildman–Crippen MR) is 80.8 cm³/mol. The van der Waals surface area contributed by atoms with Gasteiger partial charge in [-0.3, -0.25) is 0 Å². The van der Waals surface area contributed by atoms with Gasteiger partial charge in [-0.2, -0.15) is 17.0 Å². The van der Waals surface area contributed by atoms with E-state index in [2.05, 4.69) is 0 Å². The van der Waals surface area contributed by atoms with Gasteiger partial charge in [0.15, 0.2) is 0 Å². The molecular formula is C14H22N2O4S. The zero-order valence-corrected chi connectivity index (χ0v) is 13.7. The van der Waals surface area contributed by atoms with Crippen molar-refractivity contribution in [2.45, 2.75) is 18.9 Å². The molecule has 1 aliphatic heterocycles. The minimum Gasteiger partial charge on any atom is -0.497 e. The van der Waals surface area contributed by atoms with Crippen molar-refractivity contribution in [2.24, 2.45) is 0 Å². The smallest absolute Gasteiger partial charge is 0.282 e. The monoisotopic (exact) mass is 314 g/mol. The Morgan fingerprint density at radius 2 is 1.95 bits per heavy atom. The van der Waals surface area contributed by atoms with Crippen LogP contribution in [0.2, 0.25) is 0 Å². The minimum absolute atomic E-state index is 0.196. The zero-order valence-electron chi connectivity index (χ0n) is 12.9. The fourth-order valence-electron chi connectivity index (χ4n) is 2.63. The molecule has 0 aromatic heterocycles. The largest absolute Gasteiger partial charge is 0.497 e. The Balaban J connectivity index is 2.41. The van der Waals surface area contributed by atoms with E-state index in [1.54, 1.807) is 34.4 Å². The summed E-state index contributed by atoms with van der Waals surface area (Å²) in [5, 5.41) is 0. The van der Waals surface area contributed by atoms with Gasteiger partial charge in [0.05, 0.1) is 20.3 Å². The third-order valence-electron chi connectivity index (χ3n) is 3.76. The van der Waals surface area contributed by atoms with Gasteiger partial charge in [0.25, 0.3) is 10.2 Å². The second-order valence-corrected chi connectivity index (χ2v) is 7.26. The van der Waals surface area contributed by atoms with Crippen LogP contribution >= 0.6 is 0 Å². The summed E-state index contributed by atoms with van der Waals surface area (Å²) in [6, 6.07) is 5.30. The first-order valence-electron chi connectivity index (χ1n) is 6.83. The van der Waals surface area contributed by atoms with Crippen LogP contribution in [0.25, 0.3) is 0 Å². The Morgan fingerprint density at radius 1 is 1.24 bits per heavy atom. The molecule has 1 fully saturated rings. The molecular weight excluding hydrogens is 292 g/mol. The molecule has 0 bridgehead atoms. The van der Waals surface area contributed by atoms with Gasteiger partial charge in [-0.1, -0.05) is 6.07 Å². The van der Waals surface area contributed by atoms with E-state index < -0.39 is 10.2 Å². The van der Waals surface area contributed by atoms with Crippen LogP contribution in [0.3, 0.4) is 0 Å². The average molecular weight is 314 g/mol. The van der Waals surface area contributed by atoms with E-state index in [0.717, 1.165) is 18.4 Å². The Kier molecular flexibility index (Phi) is 4.75. The summed E-state index contributed by atoms with van der Waals surface area (Å²) in [6.45, 7) is 0.528. The summed E-state index contributed by atoms with van der Waals surface area (Å²) >= 11 is 0. The molecule has 0 unspecified atom stereocenters. The van der Waals surface area contributed by atoms with Gasteiger partial charge in [-0.05, 0) is 18.9 Å². The molecule has 1 saturated heterocycles. The van der Waals surface area contributed by atoms with Crippen LogP contribution < -0.4 is 9.47 Å². The normalized spacial score (nSPS) is 20.0. The first-order valence-corrected chi connectivity index (χ1v) is 8.22. The van der Waals surface area contributed by atoms with Crippen LogP contribution in [-0.2, 0) is 10.2 Å². The number of nitrogens with zero attached hydrogens (tertiary/aromatic N) is 2. The molecule has 2 rings (SSSR count). The highest BCUT2D eigenvalue weighted by Gasteiger charge is 2.37. The van der Waals surface area contributed by atoms with E-state index in [1.165, 1.54) is 8.61 Å². The second kappa shape index (κ2) is 6.21. The lowest BCUT2D eigenvalue weighted by atomic mass is 10.0. The van der Waals surface area contributed by atoms with Crippen molar-refractivity contribution in [3.8, 4) is 11.5 Å². The molecule has 6 nitrogen and oxygen atoms in total. The molecule has 1 aromatic rings. The molecule has 0 N–H and O–H groups in total. The molecule has 1 atom stereocenters. The standard InChI is InChI=1S/C14H22N2O4S/c1-15(2)21(17,18)16-9-5-6-13(16)12-8-7-11(19-3)10-14(12)20-4/h7-8,10,13H,5-6,9H2,1-4H3/t13-/m0/s1. The van der Waals surface area contributed by atoms with Gasteiger partial charge >= 0.3 is 0 Å². The lowest BCUT2D eigenvalue weighted by Crippen LogP contribution is -2.39.